The van der Waals surface area contributed by atoms with Crippen LogP contribution >= 0.6 is 0 Å². The number of halogens is 9. The van der Waals surface area contributed by atoms with Gasteiger partial charge in [-0.15, -0.1) is 0 Å². The quantitative estimate of drug-likeness (QED) is 0.305. The summed E-state index contributed by atoms with van der Waals surface area (Å²) in [6, 6.07) is 13.6. The lowest BCUT2D eigenvalue weighted by molar-refractivity contribution is -0.390. The van der Waals surface area contributed by atoms with Crippen molar-refractivity contribution in [2.75, 3.05) is 0 Å². The maximum atomic E-state index is 13.5. The monoisotopic (exact) mass is 444 g/mol. The second-order valence-electron chi connectivity index (χ2n) is 6.24. The summed E-state index contributed by atoms with van der Waals surface area (Å²) in [5.74, 6) is -24.6. The van der Waals surface area contributed by atoms with Crippen molar-refractivity contribution in [3.05, 3.63) is 65.7 Å². The number of carbonyl (C=O) groups excluding carboxylic acids is 1. The van der Waals surface area contributed by atoms with Crippen LogP contribution in [0.4, 0.5) is 39.5 Å². The van der Waals surface area contributed by atoms with Gasteiger partial charge in [0.05, 0.1) is 0 Å². The van der Waals surface area contributed by atoms with Crippen LogP contribution in [-0.2, 0) is 17.6 Å². The molecular formula is C19H13F9O2. The molecule has 0 heterocycles. The van der Waals surface area contributed by atoms with Crippen LogP contribution in [-0.4, -0.2) is 29.9 Å². The maximum absolute atomic E-state index is 13.5. The van der Waals surface area contributed by atoms with Crippen molar-refractivity contribution in [3.8, 4) is 5.75 Å². The highest BCUT2D eigenvalue weighted by Crippen LogP contribution is 2.53. The van der Waals surface area contributed by atoms with Crippen molar-refractivity contribution in [1.82, 2.24) is 0 Å². The summed E-state index contributed by atoms with van der Waals surface area (Å²) in [7, 11) is 0. The standard InChI is InChI=1S/C19H13F9O2/c20-16(21,17(22,23)18(24,25)19(26,27)28)15(29)30-14-10-8-13(9-11-14)7-6-12-4-2-1-3-5-12/h1-5,8-11H,6-7H2. The number of esters is 1. The molecule has 0 bridgehead atoms. The zero-order valence-electron chi connectivity index (χ0n) is 14.8. The Morgan fingerprint density at radius 1 is 0.667 bits per heavy atom. The van der Waals surface area contributed by atoms with Gasteiger partial charge in [0.15, 0.2) is 0 Å². The summed E-state index contributed by atoms with van der Waals surface area (Å²) in [5.41, 5.74) is 1.62. The third kappa shape index (κ3) is 4.54. The van der Waals surface area contributed by atoms with Gasteiger partial charge in [-0.3, -0.25) is 0 Å². The molecule has 2 aromatic rings. The molecule has 0 radical (unpaired) electrons. The molecule has 0 aromatic heterocycles. The van der Waals surface area contributed by atoms with Gasteiger partial charge < -0.3 is 4.74 Å². The molecule has 0 aliphatic rings. The SMILES string of the molecule is O=C(Oc1ccc(CCc2ccccc2)cc1)C(F)(F)C(F)(F)C(F)(F)C(F)(F)F. The minimum Gasteiger partial charge on any atom is -0.422 e. The summed E-state index contributed by atoms with van der Waals surface area (Å²) in [5, 5.41) is 0. The Morgan fingerprint density at radius 2 is 1.13 bits per heavy atom. The second kappa shape index (κ2) is 8.19. The topological polar surface area (TPSA) is 26.3 Å². The summed E-state index contributed by atoms with van der Waals surface area (Å²) >= 11 is 0. The average Bonchev–Trinajstić information content (AvgIpc) is 2.67. The molecule has 0 amide bonds. The summed E-state index contributed by atoms with van der Waals surface area (Å²) < 4.78 is 119. The first-order valence-electron chi connectivity index (χ1n) is 8.25. The van der Waals surface area contributed by atoms with E-state index in [1.165, 1.54) is 12.1 Å². The molecule has 0 atom stereocenters. The van der Waals surface area contributed by atoms with Gasteiger partial charge in [0.2, 0.25) is 0 Å². The number of rotatable bonds is 7. The third-order valence-electron chi connectivity index (χ3n) is 4.08. The van der Waals surface area contributed by atoms with Gasteiger partial charge in [0, 0.05) is 0 Å². The van der Waals surface area contributed by atoms with Gasteiger partial charge in [-0.1, -0.05) is 42.5 Å². The van der Waals surface area contributed by atoms with Crippen LogP contribution in [0.1, 0.15) is 11.1 Å². The number of hydrogen-bond donors (Lipinski definition) is 0. The third-order valence-corrected chi connectivity index (χ3v) is 4.08. The zero-order valence-corrected chi connectivity index (χ0v) is 14.8. The molecule has 0 unspecified atom stereocenters. The highest BCUT2D eigenvalue weighted by molar-refractivity contribution is 5.81. The van der Waals surface area contributed by atoms with E-state index in [4.69, 9.17) is 0 Å². The van der Waals surface area contributed by atoms with Gasteiger partial charge in [0.25, 0.3) is 0 Å². The number of benzene rings is 2. The van der Waals surface area contributed by atoms with Crippen LogP contribution in [0.3, 0.4) is 0 Å². The molecule has 0 saturated heterocycles. The first-order valence-corrected chi connectivity index (χ1v) is 8.25. The minimum atomic E-state index is -7.16. The van der Waals surface area contributed by atoms with E-state index in [0.717, 1.165) is 17.7 Å². The predicted molar refractivity (Wildman–Crippen MR) is 86.8 cm³/mol. The van der Waals surface area contributed by atoms with E-state index >= 15 is 0 Å². The molecular weight excluding hydrogens is 431 g/mol. The molecule has 0 aliphatic carbocycles. The minimum absolute atomic E-state index is 0.476. The average molecular weight is 444 g/mol. The molecule has 2 aromatic carbocycles. The molecule has 30 heavy (non-hydrogen) atoms. The fourth-order valence-electron chi connectivity index (χ4n) is 2.33. The van der Waals surface area contributed by atoms with Crippen molar-refractivity contribution in [2.24, 2.45) is 0 Å². The van der Waals surface area contributed by atoms with Crippen molar-refractivity contribution in [2.45, 2.75) is 36.8 Å². The molecule has 0 N–H and O–H groups in total. The van der Waals surface area contributed by atoms with Gasteiger partial charge in [-0.25, -0.2) is 4.79 Å². The van der Waals surface area contributed by atoms with Gasteiger partial charge in [-0.05, 0) is 36.1 Å². The molecule has 0 saturated carbocycles. The van der Waals surface area contributed by atoms with Crippen molar-refractivity contribution >= 4 is 5.97 Å². The van der Waals surface area contributed by atoms with E-state index in [-0.39, 0.29) is 0 Å². The summed E-state index contributed by atoms with van der Waals surface area (Å²) in [6.07, 6.45) is -5.94. The number of aryl methyl sites for hydroxylation is 2. The number of ether oxygens (including phenoxy) is 1. The van der Waals surface area contributed by atoms with E-state index < -0.39 is 35.7 Å². The lowest BCUT2D eigenvalue weighted by Crippen LogP contribution is -2.64. The van der Waals surface area contributed by atoms with Crippen molar-refractivity contribution in [1.29, 1.82) is 0 Å². The number of alkyl halides is 9. The second-order valence-corrected chi connectivity index (χ2v) is 6.24. The van der Waals surface area contributed by atoms with Crippen LogP contribution < -0.4 is 4.74 Å². The van der Waals surface area contributed by atoms with E-state index in [1.807, 2.05) is 30.3 Å². The molecule has 164 valence electrons. The van der Waals surface area contributed by atoms with Crippen LogP contribution in [0.2, 0.25) is 0 Å². The zero-order chi connectivity index (χ0) is 22.8. The lowest BCUT2D eigenvalue weighted by Gasteiger charge is -2.32. The van der Waals surface area contributed by atoms with Crippen molar-refractivity contribution in [3.63, 3.8) is 0 Å². The molecule has 0 fully saturated rings. The first-order chi connectivity index (χ1) is 13.7. The number of hydrogen-bond acceptors (Lipinski definition) is 2. The van der Waals surface area contributed by atoms with Crippen molar-refractivity contribution < 1.29 is 49.0 Å². The molecule has 11 heteroatoms. The first kappa shape index (κ1) is 23.6. The Labute approximate surface area is 164 Å². The largest absolute Gasteiger partial charge is 0.460 e. The maximum Gasteiger partial charge on any atom is 0.460 e. The van der Waals surface area contributed by atoms with Crippen LogP contribution in [0.25, 0.3) is 0 Å². The van der Waals surface area contributed by atoms with Crippen LogP contribution in [0.15, 0.2) is 54.6 Å². The Balaban J connectivity index is 2.09. The van der Waals surface area contributed by atoms with Gasteiger partial charge in [-0.2, -0.15) is 39.5 Å². The summed E-state index contributed by atoms with van der Waals surface area (Å²) in [6.45, 7) is 0. The van der Waals surface area contributed by atoms with Gasteiger partial charge >= 0.3 is 29.9 Å². The van der Waals surface area contributed by atoms with E-state index in [0.29, 0.717) is 18.4 Å². The fraction of sp³-hybridized carbons (Fsp3) is 0.316. The van der Waals surface area contributed by atoms with E-state index in [1.54, 1.807) is 0 Å². The molecule has 0 spiro atoms. The predicted octanol–water partition coefficient (Wildman–Crippen LogP) is 5.85. The van der Waals surface area contributed by atoms with E-state index in [9.17, 15) is 44.3 Å². The summed E-state index contributed by atoms with van der Waals surface area (Å²) in [4.78, 5) is 11.3. The van der Waals surface area contributed by atoms with E-state index in [2.05, 4.69) is 4.74 Å². The Kier molecular flexibility index (Phi) is 6.43. The fourth-order valence-corrected chi connectivity index (χ4v) is 2.33. The Morgan fingerprint density at radius 3 is 1.60 bits per heavy atom. The Bertz CT molecular complexity index is 860. The number of carbonyl (C=O) groups is 1. The molecule has 2 nitrogen and oxygen atoms in total. The van der Waals surface area contributed by atoms with Gasteiger partial charge in [0.1, 0.15) is 5.75 Å². The van der Waals surface area contributed by atoms with Crippen LogP contribution in [0, 0.1) is 0 Å². The smallest absolute Gasteiger partial charge is 0.422 e. The highest BCUT2D eigenvalue weighted by Gasteiger charge is 2.84. The lowest BCUT2D eigenvalue weighted by atomic mass is 10.0. The molecule has 0 aliphatic heterocycles. The Hall–Kier alpha value is -2.72. The normalized spacial score (nSPS) is 13.2. The van der Waals surface area contributed by atoms with Crippen LogP contribution in [0.5, 0.6) is 5.75 Å². The molecule has 2 rings (SSSR count). The highest BCUT2D eigenvalue weighted by atomic mass is 19.4.